The van der Waals surface area contributed by atoms with Gasteiger partial charge in [-0.1, -0.05) is 52.0 Å². The predicted octanol–water partition coefficient (Wildman–Crippen LogP) is 5.83. The molecule has 144 valence electrons. The van der Waals surface area contributed by atoms with Gasteiger partial charge in [0.25, 0.3) is 0 Å². The summed E-state index contributed by atoms with van der Waals surface area (Å²) < 4.78 is 0. The van der Waals surface area contributed by atoms with Gasteiger partial charge in [-0.15, -0.1) is 0 Å². The molecule has 3 heteroatoms. The highest BCUT2D eigenvalue weighted by molar-refractivity contribution is 5.87. The Hall–Kier alpha value is -1.77. The van der Waals surface area contributed by atoms with E-state index in [-0.39, 0.29) is 11.8 Å². The van der Waals surface area contributed by atoms with Crippen LogP contribution in [0.1, 0.15) is 75.5 Å². The highest BCUT2D eigenvalue weighted by Gasteiger charge is 2.16. The Balaban J connectivity index is 1.82. The zero-order valence-corrected chi connectivity index (χ0v) is 17.1. The Morgan fingerprint density at radius 1 is 1.12 bits per heavy atom. The van der Waals surface area contributed by atoms with Crippen LogP contribution in [0.15, 0.2) is 18.3 Å². The number of hydrogen-bond acceptors (Lipinski definition) is 1. The fourth-order valence-electron chi connectivity index (χ4n) is 3.92. The third kappa shape index (κ3) is 5.62. The number of fused-ring (bicyclic) bond motifs is 1. The van der Waals surface area contributed by atoms with Gasteiger partial charge in [-0.3, -0.25) is 4.79 Å². The van der Waals surface area contributed by atoms with Crippen LogP contribution in [0.2, 0.25) is 0 Å². The van der Waals surface area contributed by atoms with Crippen LogP contribution >= 0.6 is 0 Å². The van der Waals surface area contributed by atoms with Crippen molar-refractivity contribution in [3.63, 3.8) is 0 Å². The van der Waals surface area contributed by atoms with Crippen LogP contribution in [-0.4, -0.2) is 17.4 Å². The third-order valence-corrected chi connectivity index (χ3v) is 5.42. The van der Waals surface area contributed by atoms with Gasteiger partial charge in [0.05, 0.1) is 0 Å². The number of hydrogen-bond donors (Lipinski definition) is 2. The van der Waals surface area contributed by atoms with Gasteiger partial charge in [0.2, 0.25) is 5.91 Å². The van der Waals surface area contributed by atoms with E-state index in [1.54, 1.807) is 0 Å². The lowest BCUT2D eigenvalue weighted by Gasteiger charge is -2.15. The lowest BCUT2D eigenvalue weighted by atomic mass is 9.97. The average molecular weight is 357 g/mol. The van der Waals surface area contributed by atoms with Gasteiger partial charge >= 0.3 is 0 Å². The van der Waals surface area contributed by atoms with Crippen molar-refractivity contribution in [2.24, 2.45) is 5.92 Å². The summed E-state index contributed by atoms with van der Waals surface area (Å²) in [5.74, 6) is 0.402. The number of aromatic nitrogens is 1. The van der Waals surface area contributed by atoms with Gasteiger partial charge in [-0.25, -0.2) is 0 Å². The monoisotopic (exact) mass is 356 g/mol. The summed E-state index contributed by atoms with van der Waals surface area (Å²) in [5.41, 5.74) is 5.08. The summed E-state index contributed by atoms with van der Waals surface area (Å²) in [6, 6.07) is 4.42. The molecule has 0 saturated carbocycles. The number of unbranched alkanes of at least 4 members (excludes halogenated alkanes) is 4. The fourth-order valence-corrected chi connectivity index (χ4v) is 3.92. The number of nitrogens with one attached hydrogen (secondary N) is 2. The maximum absolute atomic E-state index is 12.5. The van der Waals surface area contributed by atoms with Crippen LogP contribution in [-0.2, 0) is 11.2 Å². The van der Waals surface area contributed by atoms with Crippen LogP contribution in [0.5, 0.6) is 0 Å². The first kappa shape index (κ1) is 20.5. The number of amides is 1. The van der Waals surface area contributed by atoms with Gasteiger partial charge in [-0.2, -0.15) is 0 Å². The highest BCUT2D eigenvalue weighted by atomic mass is 16.1. The van der Waals surface area contributed by atoms with Crippen molar-refractivity contribution in [2.45, 2.75) is 79.1 Å². The minimum absolute atomic E-state index is 0.170. The molecule has 0 radical (unpaired) electrons. The molecule has 2 aromatic rings. The second-order valence-corrected chi connectivity index (χ2v) is 7.67. The summed E-state index contributed by atoms with van der Waals surface area (Å²) in [7, 11) is 0. The third-order valence-electron chi connectivity index (χ3n) is 5.42. The van der Waals surface area contributed by atoms with E-state index in [1.165, 1.54) is 59.7 Å². The molecule has 1 aromatic carbocycles. The van der Waals surface area contributed by atoms with E-state index >= 15 is 0 Å². The number of carbonyl (C=O) groups excluding carboxylic acids is 1. The Morgan fingerprint density at radius 3 is 2.62 bits per heavy atom. The molecule has 0 saturated heterocycles. The van der Waals surface area contributed by atoms with Gasteiger partial charge < -0.3 is 10.3 Å². The second-order valence-electron chi connectivity index (χ2n) is 7.67. The van der Waals surface area contributed by atoms with E-state index in [0.717, 1.165) is 19.3 Å². The van der Waals surface area contributed by atoms with Crippen molar-refractivity contribution in [1.29, 1.82) is 0 Å². The Labute approximate surface area is 159 Å². The fraction of sp³-hybridized carbons (Fsp3) is 0.609. The molecule has 3 nitrogen and oxygen atoms in total. The minimum atomic E-state index is 0.170. The van der Waals surface area contributed by atoms with Gasteiger partial charge in [0.15, 0.2) is 0 Å². The molecule has 0 aliphatic carbocycles. The molecule has 1 amide bonds. The molecule has 2 N–H and O–H groups in total. The summed E-state index contributed by atoms with van der Waals surface area (Å²) in [6.45, 7) is 9.36. The van der Waals surface area contributed by atoms with Crippen molar-refractivity contribution in [2.75, 3.05) is 6.54 Å². The molecule has 2 rings (SSSR count). The Bertz CT molecular complexity index is 702. The van der Waals surface area contributed by atoms with E-state index in [4.69, 9.17) is 0 Å². The molecule has 0 aliphatic rings. The molecule has 1 heterocycles. The molecular weight excluding hydrogens is 320 g/mol. The molecule has 0 spiro atoms. The molecule has 1 atom stereocenters. The quantitative estimate of drug-likeness (QED) is 0.489. The van der Waals surface area contributed by atoms with Crippen molar-refractivity contribution < 1.29 is 4.79 Å². The maximum atomic E-state index is 12.5. The minimum Gasteiger partial charge on any atom is -0.361 e. The van der Waals surface area contributed by atoms with Gasteiger partial charge in [0, 0.05) is 29.6 Å². The number of aromatic amines is 1. The first-order valence-corrected chi connectivity index (χ1v) is 10.4. The van der Waals surface area contributed by atoms with Crippen molar-refractivity contribution in [3.8, 4) is 0 Å². The largest absolute Gasteiger partial charge is 0.361 e. The van der Waals surface area contributed by atoms with Crippen LogP contribution in [0, 0.1) is 19.8 Å². The highest BCUT2D eigenvalue weighted by Crippen LogP contribution is 2.24. The van der Waals surface area contributed by atoms with Crippen LogP contribution in [0.4, 0.5) is 0 Å². The molecule has 26 heavy (non-hydrogen) atoms. The molecule has 0 aliphatic heterocycles. The standard InChI is InChI=1S/C23H36N2O/c1-5-7-8-9-10-11-19(6-2)23(26)24-13-12-20-16-25-21-15-17(3)14-18(4)22(20)21/h14-16,19,25H,5-13H2,1-4H3,(H,24,26). The van der Waals surface area contributed by atoms with Gasteiger partial charge in [-0.05, 0) is 55.9 Å². The summed E-state index contributed by atoms with van der Waals surface area (Å²) >= 11 is 0. The summed E-state index contributed by atoms with van der Waals surface area (Å²) in [5, 5.41) is 4.48. The molecular formula is C23H36N2O. The van der Waals surface area contributed by atoms with E-state index in [2.05, 4.69) is 56.3 Å². The topological polar surface area (TPSA) is 44.9 Å². The lowest BCUT2D eigenvalue weighted by Crippen LogP contribution is -2.32. The zero-order valence-electron chi connectivity index (χ0n) is 17.1. The van der Waals surface area contributed by atoms with Crippen molar-refractivity contribution in [1.82, 2.24) is 10.3 Å². The molecule has 0 bridgehead atoms. The average Bonchev–Trinajstić information content (AvgIpc) is 3.01. The normalized spacial score (nSPS) is 12.5. The smallest absolute Gasteiger partial charge is 0.223 e. The van der Waals surface area contributed by atoms with E-state index < -0.39 is 0 Å². The zero-order chi connectivity index (χ0) is 18.9. The maximum Gasteiger partial charge on any atom is 0.223 e. The number of benzene rings is 1. The van der Waals surface area contributed by atoms with E-state index in [0.29, 0.717) is 6.54 Å². The van der Waals surface area contributed by atoms with E-state index in [1.807, 2.05) is 0 Å². The van der Waals surface area contributed by atoms with Gasteiger partial charge in [0.1, 0.15) is 0 Å². The predicted molar refractivity (Wildman–Crippen MR) is 112 cm³/mol. The number of H-pyrrole nitrogens is 1. The Morgan fingerprint density at radius 2 is 1.88 bits per heavy atom. The van der Waals surface area contributed by atoms with Crippen molar-refractivity contribution >= 4 is 16.8 Å². The number of rotatable bonds is 11. The SMILES string of the molecule is CCCCCCCC(CC)C(=O)NCCc1c[nH]c2cc(C)cc(C)c12. The number of carbonyl (C=O) groups is 1. The first-order valence-electron chi connectivity index (χ1n) is 10.4. The van der Waals surface area contributed by atoms with Crippen LogP contribution in [0.3, 0.4) is 0 Å². The Kier molecular flexibility index (Phi) is 8.21. The first-order chi connectivity index (χ1) is 12.6. The summed E-state index contributed by atoms with van der Waals surface area (Å²) in [4.78, 5) is 15.9. The van der Waals surface area contributed by atoms with Crippen LogP contribution in [0.25, 0.3) is 10.9 Å². The lowest BCUT2D eigenvalue weighted by molar-refractivity contribution is -0.125. The molecule has 1 aromatic heterocycles. The summed E-state index contributed by atoms with van der Waals surface area (Å²) in [6.07, 6.45) is 11.2. The van der Waals surface area contributed by atoms with Crippen LogP contribution < -0.4 is 5.32 Å². The van der Waals surface area contributed by atoms with Crippen molar-refractivity contribution in [3.05, 3.63) is 35.0 Å². The van der Waals surface area contributed by atoms with E-state index in [9.17, 15) is 4.79 Å². The second kappa shape index (κ2) is 10.4. The molecule has 1 unspecified atom stereocenters. The molecule has 0 fully saturated rings. The number of aryl methyl sites for hydroxylation is 2.